The van der Waals surface area contributed by atoms with Crippen LogP contribution in [0.15, 0.2) is 170 Å². The molecule has 0 aliphatic heterocycles. The lowest BCUT2D eigenvalue weighted by Crippen LogP contribution is -1.97. The molecule has 1 aromatic heterocycles. The zero-order valence-electron chi connectivity index (χ0n) is 26.8. The first-order chi connectivity index (χ1) is 23.7. The van der Waals surface area contributed by atoms with E-state index in [1.54, 1.807) is 0 Å². The number of imidazole rings is 1. The third-order valence-corrected chi connectivity index (χ3v) is 8.98. The summed E-state index contributed by atoms with van der Waals surface area (Å²) in [6.07, 6.45) is 0. The van der Waals surface area contributed by atoms with Gasteiger partial charge in [0.2, 0.25) is 0 Å². The number of nitrogens with zero attached hydrogens (tertiary/aromatic N) is 2. The maximum absolute atomic E-state index is 5.04. The molecule has 2 N–H and O–H groups in total. The Morgan fingerprint density at radius 3 is 1.62 bits per heavy atom. The van der Waals surface area contributed by atoms with Crippen LogP contribution in [0.3, 0.4) is 0 Å². The van der Waals surface area contributed by atoms with Crippen LogP contribution in [0.25, 0.3) is 82.7 Å². The van der Waals surface area contributed by atoms with E-state index in [-0.39, 0.29) is 0 Å². The van der Waals surface area contributed by atoms with Gasteiger partial charge in [-0.1, -0.05) is 146 Å². The molecule has 0 saturated carbocycles. The normalized spacial score (nSPS) is 11.2. The van der Waals surface area contributed by atoms with Gasteiger partial charge >= 0.3 is 0 Å². The summed E-state index contributed by atoms with van der Waals surface area (Å²) in [5.74, 6) is 0.945. The molecule has 0 amide bonds. The van der Waals surface area contributed by atoms with E-state index >= 15 is 0 Å². The Morgan fingerprint density at radius 2 is 0.979 bits per heavy atom. The molecule has 0 unspecified atom stereocenters. The first kappa shape index (κ1) is 29.4. The standard InChI is InChI=1S/C43H28N2.C2H7N/c1-2-13-31(14-3-1)43-44-39-20-10-11-21-40(39)45(43)34-26-24-30(25-27-34)41-35-16-6-8-18-37(35)42(38-19-9-7-17-36(38)41)33-23-22-29-12-4-5-15-32(29)28-33;1-2-3/h1-28H;2-3H2,1H3. The minimum atomic E-state index is 0.750. The highest BCUT2D eigenvalue weighted by atomic mass is 15.1. The van der Waals surface area contributed by atoms with Crippen molar-refractivity contribution in [1.82, 2.24) is 9.55 Å². The smallest absolute Gasteiger partial charge is 0.145 e. The van der Waals surface area contributed by atoms with E-state index in [2.05, 4.69) is 168 Å². The molecular weight excluding hydrogens is 583 g/mol. The number of nitrogens with two attached hydrogens (primary N) is 1. The van der Waals surface area contributed by atoms with Crippen LogP contribution in [0, 0.1) is 0 Å². The van der Waals surface area contributed by atoms with Crippen LogP contribution in [-0.2, 0) is 0 Å². The van der Waals surface area contributed by atoms with Gasteiger partial charge in [-0.2, -0.15) is 0 Å². The average Bonchev–Trinajstić information content (AvgIpc) is 3.54. The van der Waals surface area contributed by atoms with Gasteiger partial charge in [-0.3, -0.25) is 4.57 Å². The molecule has 9 rings (SSSR count). The van der Waals surface area contributed by atoms with Crippen molar-refractivity contribution in [2.24, 2.45) is 5.73 Å². The van der Waals surface area contributed by atoms with Gasteiger partial charge < -0.3 is 5.73 Å². The summed E-state index contributed by atoms with van der Waals surface area (Å²) >= 11 is 0. The molecule has 48 heavy (non-hydrogen) atoms. The summed E-state index contributed by atoms with van der Waals surface area (Å²) in [6, 6.07) is 60.9. The highest BCUT2D eigenvalue weighted by Gasteiger charge is 2.18. The summed E-state index contributed by atoms with van der Waals surface area (Å²) < 4.78 is 2.27. The van der Waals surface area contributed by atoms with Crippen molar-refractivity contribution in [1.29, 1.82) is 0 Å². The van der Waals surface area contributed by atoms with Gasteiger partial charge in [-0.25, -0.2) is 4.98 Å². The Balaban J connectivity index is 0.00000108. The van der Waals surface area contributed by atoms with Crippen LogP contribution in [0.1, 0.15) is 6.92 Å². The molecule has 0 atom stereocenters. The van der Waals surface area contributed by atoms with Gasteiger partial charge in [-0.05, 0) is 91.4 Å². The molecule has 0 aliphatic carbocycles. The van der Waals surface area contributed by atoms with Crippen molar-refractivity contribution in [2.75, 3.05) is 6.54 Å². The fourth-order valence-electron chi connectivity index (χ4n) is 6.94. The first-order valence-electron chi connectivity index (χ1n) is 16.5. The number of hydrogen-bond donors (Lipinski definition) is 1. The van der Waals surface area contributed by atoms with E-state index in [1.807, 2.05) is 13.0 Å². The van der Waals surface area contributed by atoms with Gasteiger partial charge in [0.1, 0.15) is 5.82 Å². The predicted molar refractivity (Wildman–Crippen MR) is 205 cm³/mol. The molecule has 0 bridgehead atoms. The highest BCUT2D eigenvalue weighted by Crippen LogP contribution is 2.44. The Kier molecular flexibility index (Phi) is 7.73. The van der Waals surface area contributed by atoms with Crippen LogP contribution in [0.5, 0.6) is 0 Å². The molecular formula is C45H35N3. The lowest BCUT2D eigenvalue weighted by Gasteiger charge is -2.18. The van der Waals surface area contributed by atoms with Crippen LogP contribution >= 0.6 is 0 Å². The van der Waals surface area contributed by atoms with Crippen molar-refractivity contribution in [3.8, 4) is 39.3 Å². The minimum absolute atomic E-state index is 0.750. The molecule has 3 heteroatoms. The lowest BCUT2D eigenvalue weighted by atomic mass is 9.85. The molecule has 3 nitrogen and oxygen atoms in total. The number of rotatable bonds is 4. The highest BCUT2D eigenvalue weighted by molar-refractivity contribution is 6.21. The zero-order chi connectivity index (χ0) is 32.5. The van der Waals surface area contributed by atoms with E-state index in [4.69, 9.17) is 10.7 Å². The largest absolute Gasteiger partial charge is 0.331 e. The fourth-order valence-corrected chi connectivity index (χ4v) is 6.94. The predicted octanol–water partition coefficient (Wildman–Crippen LogP) is 11.5. The van der Waals surface area contributed by atoms with Gasteiger partial charge in [0, 0.05) is 11.3 Å². The Bertz CT molecular complexity index is 2490. The second kappa shape index (κ2) is 12.6. The summed E-state index contributed by atoms with van der Waals surface area (Å²) in [5, 5.41) is 7.54. The van der Waals surface area contributed by atoms with Crippen molar-refractivity contribution in [3.05, 3.63) is 170 Å². The third-order valence-electron chi connectivity index (χ3n) is 8.98. The fraction of sp³-hybridized carbons (Fsp3) is 0.0444. The van der Waals surface area contributed by atoms with E-state index in [0.29, 0.717) is 0 Å². The molecule has 9 aromatic rings. The van der Waals surface area contributed by atoms with Crippen LogP contribution < -0.4 is 5.73 Å². The lowest BCUT2D eigenvalue weighted by molar-refractivity contribution is 1.10. The molecule has 1 heterocycles. The second-order valence-corrected chi connectivity index (χ2v) is 12.0. The van der Waals surface area contributed by atoms with Crippen LogP contribution in [-0.4, -0.2) is 16.1 Å². The maximum atomic E-state index is 5.04. The van der Waals surface area contributed by atoms with Crippen LogP contribution in [0.4, 0.5) is 0 Å². The third kappa shape index (κ3) is 5.11. The maximum Gasteiger partial charge on any atom is 0.145 e. The zero-order valence-corrected chi connectivity index (χ0v) is 26.8. The minimum Gasteiger partial charge on any atom is -0.331 e. The SMILES string of the molecule is CCN.c1ccc(-c2nc3ccccc3n2-c2ccc(-c3c4ccccc4c(-c4ccc5ccccc5c4)c4ccccc34)cc2)cc1. The number of aromatic nitrogens is 2. The monoisotopic (exact) mass is 617 g/mol. The van der Waals surface area contributed by atoms with Crippen molar-refractivity contribution in [3.63, 3.8) is 0 Å². The Labute approximate surface area is 280 Å². The molecule has 0 saturated heterocycles. The topological polar surface area (TPSA) is 43.8 Å². The number of para-hydroxylation sites is 2. The number of benzene rings is 8. The Hall–Kier alpha value is -6.03. The van der Waals surface area contributed by atoms with Gasteiger partial charge in [0.15, 0.2) is 0 Å². The number of hydrogen-bond acceptors (Lipinski definition) is 2. The Morgan fingerprint density at radius 1 is 0.479 bits per heavy atom. The molecule has 230 valence electrons. The second-order valence-electron chi connectivity index (χ2n) is 12.0. The molecule has 0 aliphatic rings. The van der Waals surface area contributed by atoms with E-state index < -0.39 is 0 Å². The van der Waals surface area contributed by atoms with Crippen molar-refractivity contribution >= 4 is 43.4 Å². The summed E-state index contributed by atoms with van der Waals surface area (Å²) in [4.78, 5) is 5.04. The molecule has 0 spiro atoms. The summed E-state index contributed by atoms with van der Waals surface area (Å²) in [7, 11) is 0. The average molecular weight is 618 g/mol. The van der Waals surface area contributed by atoms with Crippen molar-refractivity contribution in [2.45, 2.75) is 6.92 Å². The summed E-state index contributed by atoms with van der Waals surface area (Å²) in [6.45, 7) is 2.65. The number of fused-ring (bicyclic) bond motifs is 4. The first-order valence-corrected chi connectivity index (χ1v) is 16.5. The van der Waals surface area contributed by atoms with Crippen molar-refractivity contribution < 1.29 is 0 Å². The van der Waals surface area contributed by atoms with E-state index in [0.717, 1.165) is 34.7 Å². The van der Waals surface area contributed by atoms with Crippen LogP contribution in [0.2, 0.25) is 0 Å². The molecule has 8 aromatic carbocycles. The molecule has 0 fully saturated rings. The van der Waals surface area contributed by atoms with E-state index in [9.17, 15) is 0 Å². The van der Waals surface area contributed by atoms with Gasteiger partial charge in [-0.15, -0.1) is 0 Å². The van der Waals surface area contributed by atoms with Gasteiger partial charge in [0.25, 0.3) is 0 Å². The quantitative estimate of drug-likeness (QED) is 0.200. The molecule has 0 radical (unpaired) electrons. The summed E-state index contributed by atoms with van der Waals surface area (Å²) in [5.41, 5.74) is 14.1. The van der Waals surface area contributed by atoms with E-state index in [1.165, 1.54) is 54.6 Å². The van der Waals surface area contributed by atoms with Gasteiger partial charge in [0.05, 0.1) is 11.0 Å².